The van der Waals surface area contributed by atoms with Crippen LogP contribution in [0, 0.1) is 0 Å². The first-order valence-corrected chi connectivity index (χ1v) is 8.08. The van der Waals surface area contributed by atoms with Crippen molar-refractivity contribution in [2.75, 3.05) is 18.9 Å². The zero-order chi connectivity index (χ0) is 14.9. The first-order valence-electron chi connectivity index (χ1n) is 7.10. The average molecular weight is 313 g/mol. The number of carbonyl (C=O) groups excluding carboxylic acids is 1. The van der Waals surface area contributed by atoms with E-state index in [1.165, 1.54) is 11.8 Å². The molecular weight excluding hydrogens is 294 g/mol. The highest BCUT2D eigenvalue weighted by Crippen LogP contribution is 2.36. The molecule has 2 fully saturated rings. The van der Waals surface area contributed by atoms with Gasteiger partial charge >= 0.3 is 0 Å². The van der Waals surface area contributed by atoms with E-state index in [4.69, 9.17) is 4.74 Å². The quantitative estimate of drug-likeness (QED) is 0.699. The minimum Gasteiger partial charge on any atom is -0.385 e. The van der Waals surface area contributed by atoms with Gasteiger partial charge in [0.05, 0.1) is 17.9 Å². The summed E-state index contributed by atoms with van der Waals surface area (Å²) in [6, 6.07) is 0.391. The molecule has 1 aliphatic carbocycles. The number of aliphatic hydroxyl groups is 1. The molecule has 8 nitrogen and oxygen atoms in total. The molecule has 1 aliphatic heterocycles. The maximum Gasteiger partial charge on any atom is 0.230 e. The van der Waals surface area contributed by atoms with Gasteiger partial charge in [0.1, 0.15) is 5.60 Å². The molecule has 2 atom stereocenters. The lowest BCUT2D eigenvalue weighted by Crippen LogP contribution is -2.47. The van der Waals surface area contributed by atoms with E-state index in [-0.39, 0.29) is 24.3 Å². The van der Waals surface area contributed by atoms with Crippen molar-refractivity contribution in [3.8, 4) is 0 Å². The number of thioether (sulfide) groups is 1. The molecule has 3 rings (SSSR count). The van der Waals surface area contributed by atoms with Gasteiger partial charge in [0.15, 0.2) is 0 Å². The fourth-order valence-electron chi connectivity index (χ4n) is 2.26. The van der Waals surface area contributed by atoms with Gasteiger partial charge in [-0.15, -0.1) is 5.10 Å². The Kier molecular flexibility index (Phi) is 4.14. The van der Waals surface area contributed by atoms with Crippen LogP contribution >= 0.6 is 11.8 Å². The van der Waals surface area contributed by atoms with Crippen molar-refractivity contribution in [1.29, 1.82) is 0 Å². The number of carbonyl (C=O) groups is 1. The molecule has 1 saturated carbocycles. The number of aromatic nitrogens is 4. The number of amides is 1. The Balaban J connectivity index is 1.45. The minimum atomic E-state index is -0.962. The molecule has 1 saturated heterocycles. The molecule has 116 valence electrons. The molecule has 2 heterocycles. The minimum absolute atomic E-state index is 0.141. The Morgan fingerprint density at radius 2 is 2.43 bits per heavy atom. The van der Waals surface area contributed by atoms with E-state index in [9.17, 15) is 9.90 Å². The number of ether oxygens (including phenoxy) is 1. The third kappa shape index (κ3) is 3.35. The predicted molar refractivity (Wildman–Crippen MR) is 74.8 cm³/mol. The predicted octanol–water partition coefficient (Wildman–Crippen LogP) is -0.244. The third-order valence-corrected chi connectivity index (χ3v) is 4.87. The fourth-order valence-corrected chi connectivity index (χ4v) is 3.04. The van der Waals surface area contributed by atoms with E-state index in [1.54, 1.807) is 4.68 Å². The van der Waals surface area contributed by atoms with Crippen LogP contribution in [0.4, 0.5) is 0 Å². The van der Waals surface area contributed by atoms with Crippen LogP contribution in [0.15, 0.2) is 5.16 Å². The van der Waals surface area contributed by atoms with E-state index in [2.05, 4.69) is 20.8 Å². The first-order chi connectivity index (χ1) is 10.1. The summed E-state index contributed by atoms with van der Waals surface area (Å²) in [6.07, 6.45) is 2.47. The maximum absolute atomic E-state index is 11.9. The Labute approximate surface area is 126 Å². The van der Waals surface area contributed by atoms with Gasteiger partial charge in [-0.3, -0.25) is 4.79 Å². The highest BCUT2D eigenvalue weighted by molar-refractivity contribution is 7.99. The van der Waals surface area contributed by atoms with Crippen LogP contribution < -0.4 is 5.32 Å². The molecule has 0 spiro atoms. The number of nitrogens with zero attached hydrogens (tertiary/aromatic N) is 4. The second-order valence-electron chi connectivity index (χ2n) is 5.57. The van der Waals surface area contributed by atoms with Crippen molar-refractivity contribution in [3.05, 3.63) is 0 Å². The van der Waals surface area contributed by atoms with Crippen molar-refractivity contribution in [2.45, 2.75) is 49.1 Å². The summed E-state index contributed by atoms with van der Waals surface area (Å²) in [5, 5.41) is 25.2. The van der Waals surface area contributed by atoms with E-state index >= 15 is 0 Å². The summed E-state index contributed by atoms with van der Waals surface area (Å²) < 4.78 is 7.11. The fraction of sp³-hybridized carbons (Fsp3) is 0.833. The normalized spacial score (nSPS) is 28.8. The number of hydrogen-bond acceptors (Lipinski definition) is 7. The van der Waals surface area contributed by atoms with Gasteiger partial charge in [0, 0.05) is 19.6 Å². The molecule has 2 aliphatic rings. The summed E-state index contributed by atoms with van der Waals surface area (Å²) >= 11 is 1.31. The van der Waals surface area contributed by atoms with Crippen LogP contribution in [0.5, 0.6) is 0 Å². The topological polar surface area (TPSA) is 102 Å². The highest BCUT2D eigenvalue weighted by Gasteiger charge is 2.39. The Hall–Kier alpha value is -1.19. The van der Waals surface area contributed by atoms with Gasteiger partial charge in [-0.1, -0.05) is 11.8 Å². The summed E-state index contributed by atoms with van der Waals surface area (Å²) in [7, 11) is 0. The molecule has 2 unspecified atom stereocenters. The van der Waals surface area contributed by atoms with Crippen molar-refractivity contribution in [3.63, 3.8) is 0 Å². The van der Waals surface area contributed by atoms with Crippen LogP contribution in [0.25, 0.3) is 0 Å². The third-order valence-electron chi connectivity index (χ3n) is 3.94. The molecule has 1 aromatic rings. The van der Waals surface area contributed by atoms with Gasteiger partial charge in [0.2, 0.25) is 11.1 Å². The molecular formula is C12H19N5O3S. The van der Waals surface area contributed by atoms with Gasteiger partial charge in [-0.25, -0.2) is 4.68 Å². The van der Waals surface area contributed by atoms with Crippen molar-refractivity contribution in [2.24, 2.45) is 0 Å². The van der Waals surface area contributed by atoms with E-state index < -0.39 is 5.60 Å². The van der Waals surface area contributed by atoms with Gasteiger partial charge < -0.3 is 15.2 Å². The summed E-state index contributed by atoms with van der Waals surface area (Å²) in [5.74, 6) is 0.0937. The number of tetrazole rings is 1. The first kappa shape index (κ1) is 14.7. The molecule has 2 N–H and O–H groups in total. The average Bonchev–Trinajstić information content (AvgIpc) is 3.11. The molecule has 21 heavy (non-hydrogen) atoms. The zero-order valence-electron chi connectivity index (χ0n) is 11.9. The SMILES string of the molecule is CC1OCCC1(O)CNC(=O)CSc1nnnn1C1CC1. The molecule has 9 heteroatoms. The van der Waals surface area contributed by atoms with E-state index in [0.29, 0.717) is 24.2 Å². The van der Waals surface area contributed by atoms with Crippen LogP contribution in [-0.2, 0) is 9.53 Å². The van der Waals surface area contributed by atoms with Crippen molar-refractivity contribution in [1.82, 2.24) is 25.5 Å². The summed E-state index contributed by atoms with van der Waals surface area (Å²) in [4.78, 5) is 11.9. The van der Waals surface area contributed by atoms with Gasteiger partial charge in [0.25, 0.3) is 0 Å². The molecule has 0 aromatic carbocycles. The lowest BCUT2D eigenvalue weighted by Gasteiger charge is -2.26. The number of hydrogen-bond donors (Lipinski definition) is 2. The Bertz CT molecular complexity index is 521. The number of nitrogens with one attached hydrogen (secondary N) is 1. The molecule has 1 aromatic heterocycles. The molecule has 0 radical (unpaired) electrons. The monoisotopic (exact) mass is 313 g/mol. The second kappa shape index (κ2) is 5.90. The summed E-state index contributed by atoms with van der Waals surface area (Å²) in [5.41, 5.74) is -0.962. The standard InChI is InChI=1S/C12H19N5O3S/c1-8-12(19,4-5-20-8)7-13-10(18)6-21-11-14-15-16-17(11)9-2-3-9/h8-9,19H,2-7H2,1H3,(H,13,18). The van der Waals surface area contributed by atoms with E-state index in [0.717, 1.165) is 12.8 Å². The number of rotatable bonds is 6. The van der Waals surface area contributed by atoms with Gasteiger partial charge in [-0.05, 0) is 30.2 Å². The zero-order valence-corrected chi connectivity index (χ0v) is 12.7. The van der Waals surface area contributed by atoms with Gasteiger partial charge in [-0.2, -0.15) is 0 Å². The smallest absolute Gasteiger partial charge is 0.230 e. The van der Waals surface area contributed by atoms with Crippen molar-refractivity contribution >= 4 is 17.7 Å². The van der Waals surface area contributed by atoms with Crippen LogP contribution in [0.1, 0.15) is 32.2 Å². The van der Waals surface area contributed by atoms with E-state index in [1.807, 2.05) is 6.92 Å². The molecule has 1 amide bonds. The van der Waals surface area contributed by atoms with Crippen LogP contribution in [0.2, 0.25) is 0 Å². The largest absolute Gasteiger partial charge is 0.385 e. The summed E-state index contributed by atoms with van der Waals surface area (Å²) in [6.45, 7) is 2.55. The Morgan fingerprint density at radius 3 is 3.10 bits per heavy atom. The lowest BCUT2D eigenvalue weighted by molar-refractivity contribution is -0.120. The highest BCUT2D eigenvalue weighted by atomic mass is 32.2. The van der Waals surface area contributed by atoms with Crippen molar-refractivity contribution < 1.29 is 14.6 Å². The maximum atomic E-state index is 11.9. The van der Waals surface area contributed by atoms with Crippen LogP contribution in [0.3, 0.4) is 0 Å². The Morgan fingerprint density at radius 1 is 1.62 bits per heavy atom. The second-order valence-corrected chi connectivity index (χ2v) is 6.51. The van der Waals surface area contributed by atoms with Crippen LogP contribution in [-0.4, -0.2) is 61.8 Å². The lowest BCUT2D eigenvalue weighted by atomic mass is 9.97. The molecule has 0 bridgehead atoms.